The Hall–Kier alpha value is -0.330. The van der Waals surface area contributed by atoms with E-state index in [1.807, 2.05) is 13.8 Å². The molecule has 18 heavy (non-hydrogen) atoms. The normalized spacial score (nSPS) is 34.1. The maximum Gasteiger partial charge on any atom is 0.139 e. The number of carbonyl (C=O) groups excluding carboxylic acids is 1. The SMILES string of the molecule is CC.CCCC(=O)C12CCC(C(C)C)(CC1)CC2. The highest BCUT2D eigenvalue weighted by atomic mass is 16.1. The molecule has 3 fully saturated rings. The Bertz CT molecular complexity index is 253. The van der Waals surface area contributed by atoms with Crippen LogP contribution in [0.15, 0.2) is 0 Å². The number of ketones is 1. The van der Waals surface area contributed by atoms with Crippen molar-refractivity contribution in [2.45, 2.75) is 86.0 Å². The molecule has 3 aliphatic carbocycles. The standard InChI is InChI=1S/C15H26O.C2H6/c1-4-5-13(16)15-9-6-14(7-10-15,8-11-15)12(2)3;1-2/h12H,4-11H2,1-3H3;1-2H3. The van der Waals surface area contributed by atoms with Crippen molar-refractivity contribution in [2.24, 2.45) is 16.7 Å². The number of rotatable bonds is 4. The van der Waals surface area contributed by atoms with Gasteiger partial charge in [-0.1, -0.05) is 34.6 Å². The number of hydrogen-bond donors (Lipinski definition) is 0. The Morgan fingerprint density at radius 1 is 1.00 bits per heavy atom. The van der Waals surface area contributed by atoms with Crippen LogP contribution in [0.25, 0.3) is 0 Å². The molecule has 0 atom stereocenters. The lowest BCUT2D eigenvalue weighted by Crippen LogP contribution is -2.47. The van der Waals surface area contributed by atoms with Crippen molar-refractivity contribution in [3.05, 3.63) is 0 Å². The van der Waals surface area contributed by atoms with Gasteiger partial charge in [-0.05, 0) is 56.3 Å². The van der Waals surface area contributed by atoms with Crippen LogP contribution in [-0.4, -0.2) is 5.78 Å². The fourth-order valence-corrected chi connectivity index (χ4v) is 3.99. The highest BCUT2D eigenvalue weighted by Gasteiger charge is 2.52. The van der Waals surface area contributed by atoms with Crippen LogP contribution < -0.4 is 0 Å². The molecule has 1 nitrogen and oxygen atoms in total. The lowest BCUT2D eigenvalue weighted by atomic mass is 9.49. The van der Waals surface area contributed by atoms with Gasteiger partial charge in [0.1, 0.15) is 5.78 Å². The van der Waals surface area contributed by atoms with Crippen molar-refractivity contribution >= 4 is 5.78 Å². The average molecular weight is 252 g/mol. The number of carbonyl (C=O) groups is 1. The summed E-state index contributed by atoms with van der Waals surface area (Å²) >= 11 is 0. The lowest BCUT2D eigenvalue weighted by Gasteiger charge is -2.54. The van der Waals surface area contributed by atoms with Crippen LogP contribution in [0.4, 0.5) is 0 Å². The van der Waals surface area contributed by atoms with Gasteiger partial charge < -0.3 is 0 Å². The maximum absolute atomic E-state index is 12.2. The van der Waals surface area contributed by atoms with Gasteiger partial charge in [0.05, 0.1) is 0 Å². The van der Waals surface area contributed by atoms with E-state index < -0.39 is 0 Å². The summed E-state index contributed by atoms with van der Waals surface area (Å²) in [5.41, 5.74) is 0.709. The molecule has 0 aromatic heterocycles. The van der Waals surface area contributed by atoms with E-state index in [9.17, 15) is 4.79 Å². The van der Waals surface area contributed by atoms with Gasteiger partial charge >= 0.3 is 0 Å². The second-order valence-electron chi connectivity index (χ2n) is 6.47. The summed E-state index contributed by atoms with van der Waals surface area (Å²) in [7, 11) is 0. The molecule has 1 heteroatoms. The Kier molecular flexibility index (Phi) is 5.43. The largest absolute Gasteiger partial charge is 0.299 e. The van der Waals surface area contributed by atoms with Crippen molar-refractivity contribution in [1.82, 2.24) is 0 Å². The van der Waals surface area contributed by atoms with E-state index in [1.54, 1.807) is 0 Å². The molecule has 0 unspecified atom stereocenters. The predicted molar refractivity (Wildman–Crippen MR) is 78.7 cm³/mol. The molecule has 0 amide bonds. The van der Waals surface area contributed by atoms with E-state index in [2.05, 4.69) is 20.8 Å². The van der Waals surface area contributed by atoms with Gasteiger partial charge in [0.2, 0.25) is 0 Å². The first-order valence-corrected chi connectivity index (χ1v) is 8.08. The quantitative estimate of drug-likeness (QED) is 0.656. The molecule has 0 N–H and O–H groups in total. The van der Waals surface area contributed by atoms with Gasteiger partial charge in [-0.15, -0.1) is 0 Å². The molecular weight excluding hydrogens is 220 g/mol. The summed E-state index contributed by atoms with van der Waals surface area (Å²) in [6.45, 7) is 10.9. The van der Waals surface area contributed by atoms with Gasteiger partial charge in [0.25, 0.3) is 0 Å². The maximum atomic E-state index is 12.2. The van der Waals surface area contributed by atoms with E-state index >= 15 is 0 Å². The second kappa shape index (κ2) is 6.21. The summed E-state index contributed by atoms with van der Waals surface area (Å²) in [4.78, 5) is 12.2. The molecule has 0 radical (unpaired) electrons. The first-order valence-electron chi connectivity index (χ1n) is 8.08. The van der Waals surface area contributed by atoms with E-state index in [-0.39, 0.29) is 5.41 Å². The molecule has 0 heterocycles. The summed E-state index contributed by atoms with van der Waals surface area (Å²) in [6.07, 6.45) is 9.31. The number of fused-ring (bicyclic) bond motifs is 3. The van der Waals surface area contributed by atoms with E-state index in [4.69, 9.17) is 0 Å². The van der Waals surface area contributed by atoms with Crippen LogP contribution in [0.2, 0.25) is 0 Å². The van der Waals surface area contributed by atoms with Gasteiger partial charge in [-0.25, -0.2) is 0 Å². The van der Waals surface area contributed by atoms with Crippen LogP contribution in [0.5, 0.6) is 0 Å². The predicted octanol–water partition coefficient (Wildman–Crippen LogP) is 5.38. The van der Waals surface area contributed by atoms with Gasteiger partial charge in [-0.2, -0.15) is 0 Å². The zero-order valence-corrected chi connectivity index (χ0v) is 13.1. The highest BCUT2D eigenvalue weighted by Crippen LogP contribution is 2.60. The van der Waals surface area contributed by atoms with Crippen LogP contribution in [0.1, 0.15) is 86.0 Å². The van der Waals surface area contributed by atoms with Crippen LogP contribution >= 0.6 is 0 Å². The summed E-state index contributed by atoms with van der Waals surface area (Å²) in [5, 5.41) is 0. The fraction of sp³-hybridized carbons (Fsp3) is 0.941. The second-order valence-corrected chi connectivity index (χ2v) is 6.47. The smallest absolute Gasteiger partial charge is 0.139 e. The van der Waals surface area contributed by atoms with Crippen molar-refractivity contribution in [1.29, 1.82) is 0 Å². The average Bonchev–Trinajstić information content (AvgIpc) is 2.43. The summed E-state index contributed by atoms with van der Waals surface area (Å²) in [5.74, 6) is 1.37. The molecule has 0 aromatic carbocycles. The van der Waals surface area contributed by atoms with Crippen molar-refractivity contribution in [3.63, 3.8) is 0 Å². The molecule has 0 saturated heterocycles. The molecule has 3 aliphatic rings. The molecule has 0 spiro atoms. The van der Waals surface area contributed by atoms with Gasteiger partial charge in [0.15, 0.2) is 0 Å². The fourth-order valence-electron chi connectivity index (χ4n) is 3.99. The molecule has 3 saturated carbocycles. The van der Waals surface area contributed by atoms with E-state index in [0.29, 0.717) is 11.2 Å². The van der Waals surface area contributed by atoms with E-state index in [0.717, 1.165) is 18.8 Å². The molecule has 0 aromatic rings. The van der Waals surface area contributed by atoms with Gasteiger partial charge in [-0.3, -0.25) is 4.79 Å². The lowest BCUT2D eigenvalue weighted by molar-refractivity contribution is -0.140. The third-order valence-electron chi connectivity index (χ3n) is 5.60. The van der Waals surface area contributed by atoms with Gasteiger partial charge in [0, 0.05) is 11.8 Å². The molecule has 106 valence electrons. The monoisotopic (exact) mass is 252 g/mol. The first kappa shape index (κ1) is 15.7. The summed E-state index contributed by atoms with van der Waals surface area (Å²) < 4.78 is 0. The van der Waals surface area contributed by atoms with Crippen LogP contribution in [0, 0.1) is 16.7 Å². The van der Waals surface area contributed by atoms with Crippen molar-refractivity contribution < 1.29 is 4.79 Å². The third-order valence-corrected chi connectivity index (χ3v) is 5.60. The Labute approximate surface area is 114 Å². The minimum Gasteiger partial charge on any atom is -0.299 e. The third kappa shape index (κ3) is 2.65. The first-order chi connectivity index (χ1) is 8.55. The topological polar surface area (TPSA) is 17.1 Å². The molecule has 3 rings (SSSR count). The van der Waals surface area contributed by atoms with Crippen molar-refractivity contribution in [3.8, 4) is 0 Å². The van der Waals surface area contributed by atoms with E-state index in [1.165, 1.54) is 38.5 Å². The molecule has 2 bridgehead atoms. The Morgan fingerprint density at radius 3 is 1.78 bits per heavy atom. The Balaban J connectivity index is 0.000000771. The van der Waals surface area contributed by atoms with Crippen LogP contribution in [-0.2, 0) is 4.79 Å². The minimum atomic E-state index is 0.118. The highest BCUT2D eigenvalue weighted by molar-refractivity contribution is 5.85. The van der Waals surface area contributed by atoms with Crippen molar-refractivity contribution in [2.75, 3.05) is 0 Å². The van der Waals surface area contributed by atoms with Crippen LogP contribution in [0.3, 0.4) is 0 Å². The minimum absolute atomic E-state index is 0.118. The molecule has 0 aliphatic heterocycles. The molecular formula is C17H32O. The number of hydrogen-bond acceptors (Lipinski definition) is 1. The Morgan fingerprint density at radius 2 is 1.44 bits per heavy atom. The zero-order chi connectivity index (χ0) is 13.8. The zero-order valence-electron chi connectivity index (χ0n) is 13.1. The number of Topliss-reactive ketones (excluding diaryl/α,β-unsaturated/α-hetero) is 1. The summed E-state index contributed by atoms with van der Waals surface area (Å²) in [6, 6.07) is 0.